The van der Waals surface area contributed by atoms with Gasteiger partial charge in [-0.05, 0) is 18.2 Å². The maximum absolute atomic E-state index is 13.7. The lowest BCUT2D eigenvalue weighted by atomic mass is 10.1. The molecule has 2 fully saturated rings. The number of rotatable bonds is 1. The highest BCUT2D eigenvalue weighted by molar-refractivity contribution is 5.94. The molecule has 3 amide bonds. The summed E-state index contributed by atoms with van der Waals surface area (Å²) in [6.07, 6.45) is 0. The van der Waals surface area contributed by atoms with Gasteiger partial charge in [-0.3, -0.25) is 4.79 Å². The number of halogens is 2. The van der Waals surface area contributed by atoms with Crippen LogP contribution >= 0.6 is 0 Å². The normalized spacial score (nSPS) is 18.7. The van der Waals surface area contributed by atoms with E-state index in [2.05, 4.69) is 0 Å². The van der Waals surface area contributed by atoms with Crippen LogP contribution in [0.25, 0.3) is 0 Å². The number of nitrogens with zero attached hydrogens (tertiary/aromatic N) is 3. The van der Waals surface area contributed by atoms with Crippen LogP contribution in [0.1, 0.15) is 10.4 Å². The molecule has 0 atom stereocenters. The molecule has 0 aromatic heterocycles. The Morgan fingerprint density at radius 2 is 1.46 bits per heavy atom. The number of piperazine rings is 1. The molecule has 130 valence electrons. The van der Waals surface area contributed by atoms with Crippen LogP contribution in [0.15, 0.2) is 18.2 Å². The summed E-state index contributed by atoms with van der Waals surface area (Å²) in [6, 6.07) is 2.76. The van der Waals surface area contributed by atoms with Crippen molar-refractivity contribution in [1.29, 1.82) is 0 Å². The average Bonchev–Trinajstić information content (AvgIpc) is 2.63. The Labute approximate surface area is 138 Å². The third-order valence-electron chi connectivity index (χ3n) is 4.28. The largest absolute Gasteiger partial charge is 0.378 e. The zero-order valence-corrected chi connectivity index (χ0v) is 13.2. The number of carbonyl (C=O) groups excluding carboxylic acids is 2. The highest BCUT2D eigenvalue weighted by Gasteiger charge is 2.29. The van der Waals surface area contributed by atoms with Gasteiger partial charge in [-0.1, -0.05) is 0 Å². The molecule has 2 heterocycles. The molecule has 0 spiro atoms. The average molecular weight is 339 g/mol. The first-order valence-corrected chi connectivity index (χ1v) is 7.92. The molecule has 2 saturated heterocycles. The van der Waals surface area contributed by atoms with Crippen LogP contribution in [0.4, 0.5) is 13.6 Å². The van der Waals surface area contributed by atoms with Crippen molar-refractivity contribution in [2.45, 2.75) is 0 Å². The van der Waals surface area contributed by atoms with Crippen molar-refractivity contribution in [2.24, 2.45) is 0 Å². The highest BCUT2D eigenvalue weighted by atomic mass is 19.1. The maximum Gasteiger partial charge on any atom is 0.320 e. The predicted octanol–water partition coefficient (Wildman–Crippen LogP) is 1.17. The second-order valence-corrected chi connectivity index (χ2v) is 5.79. The summed E-state index contributed by atoms with van der Waals surface area (Å²) in [6.45, 7) is 3.53. The van der Waals surface area contributed by atoms with E-state index in [0.29, 0.717) is 52.5 Å². The van der Waals surface area contributed by atoms with Gasteiger partial charge in [0, 0.05) is 39.3 Å². The van der Waals surface area contributed by atoms with Gasteiger partial charge in [0.05, 0.1) is 18.8 Å². The topological polar surface area (TPSA) is 53.1 Å². The van der Waals surface area contributed by atoms with Gasteiger partial charge in [0.1, 0.15) is 11.6 Å². The summed E-state index contributed by atoms with van der Waals surface area (Å²) in [5.74, 6) is -1.94. The fraction of sp³-hybridized carbons (Fsp3) is 0.500. The van der Waals surface area contributed by atoms with Crippen molar-refractivity contribution in [3.8, 4) is 0 Å². The molecule has 2 aliphatic heterocycles. The fourth-order valence-electron chi connectivity index (χ4n) is 2.89. The van der Waals surface area contributed by atoms with Gasteiger partial charge in [0.25, 0.3) is 5.91 Å². The molecular formula is C16H19F2N3O3. The Balaban J connectivity index is 1.59. The molecule has 0 saturated carbocycles. The number of hydrogen-bond acceptors (Lipinski definition) is 3. The van der Waals surface area contributed by atoms with Crippen LogP contribution < -0.4 is 0 Å². The lowest BCUT2D eigenvalue weighted by Crippen LogP contribution is -2.55. The molecule has 2 aliphatic rings. The van der Waals surface area contributed by atoms with E-state index in [4.69, 9.17) is 4.74 Å². The van der Waals surface area contributed by atoms with Gasteiger partial charge in [0.15, 0.2) is 0 Å². The summed E-state index contributed by atoms with van der Waals surface area (Å²) in [5.41, 5.74) is -0.275. The first kappa shape index (κ1) is 16.6. The quantitative estimate of drug-likeness (QED) is 0.772. The van der Waals surface area contributed by atoms with Gasteiger partial charge < -0.3 is 19.4 Å². The number of amides is 3. The van der Waals surface area contributed by atoms with Crippen LogP contribution in [-0.2, 0) is 4.74 Å². The van der Waals surface area contributed by atoms with Crippen LogP contribution in [0.5, 0.6) is 0 Å². The van der Waals surface area contributed by atoms with Crippen LogP contribution in [0, 0.1) is 11.6 Å². The minimum atomic E-state index is -0.742. The summed E-state index contributed by atoms with van der Waals surface area (Å²) in [7, 11) is 0. The minimum Gasteiger partial charge on any atom is -0.378 e. The summed E-state index contributed by atoms with van der Waals surface area (Å²) < 4.78 is 32.2. The Hall–Kier alpha value is -2.22. The first-order chi connectivity index (χ1) is 11.6. The highest BCUT2D eigenvalue weighted by Crippen LogP contribution is 2.15. The molecule has 24 heavy (non-hydrogen) atoms. The molecule has 1 aromatic rings. The fourth-order valence-corrected chi connectivity index (χ4v) is 2.89. The monoisotopic (exact) mass is 339 g/mol. The van der Waals surface area contributed by atoms with E-state index < -0.39 is 17.5 Å². The van der Waals surface area contributed by atoms with Gasteiger partial charge >= 0.3 is 6.03 Å². The molecule has 0 bridgehead atoms. The van der Waals surface area contributed by atoms with E-state index in [1.54, 1.807) is 9.80 Å². The van der Waals surface area contributed by atoms with Crippen molar-refractivity contribution in [2.75, 3.05) is 52.5 Å². The second kappa shape index (κ2) is 7.12. The Morgan fingerprint density at radius 1 is 0.875 bits per heavy atom. The van der Waals surface area contributed by atoms with E-state index in [0.717, 1.165) is 18.2 Å². The number of morpholine rings is 1. The van der Waals surface area contributed by atoms with Gasteiger partial charge in [-0.15, -0.1) is 0 Å². The summed E-state index contributed by atoms with van der Waals surface area (Å²) in [5, 5.41) is 0. The lowest BCUT2D eigenvalue weighted by Gasteiger charge is -2.38. The molecule has 0 N–H and O–H groups in total. The Morgan fingerprint density at radius 3 is 2.12 bits per heavy atom. The Kier molecular flexibility index (Phi) is 4.94. The van der Waals surface area contributed by atoms with Gasteiger partial charge in [-0.25, -0.2) is 13.6 Å². The van der Waals surface area contributed by atoms with E-state index in [-0.39, 0.29) is 11.6 Å². The molecular weight excluding hydrogens is 320 g/mol. The van der Waals surface area contributed by atoms with Gasteiger partial charge in [-0.2, -0.15) is 0 Å². The molecule has 0 aliphatic carbocycles. The zero-order chi connectivity index (χ0) is 17.1. The summed E-state index contributed by atoms with van der Waals surface area (Å²) in [4.78, 5) is 29.6. The maximum atomic E-state index is 13.7. The van der Waals surface area contributed by atoms with Gasteiger partial charge in [0.2, 0.25) is 0 Å². The number of carbonyl (C=O) groups is 2. The SMILES string of the molecule is O=C(c1cc(F)ccc1F)N1CCN(C(=O)N2CCOCC2)CC1. The second-order valence-electron chi connectivity index (χ2n) is 5.79. The number of urea groups is 1. The molecule has 1 aromatic carbocycles. The van der Waals surface area contributed by atoms with Crippen LogP contribution in [-0.4, -0.2) is 79.1 Å². The lowest BCUT2D eigenvalue weighted by molar-refractivity contribution is 0.0362. The zero-order valence-electron chi connectivity index (χ0n) is 13.2. The Bertz CT molecular complexity index is 627. The number of hydrogen-bond donors (Lipinski definition) is 0. The van der Waals surface area contributed by atoms with Crippen LogP contribution in [0.3, 0.4) is 0 Å². The van der Waals surface area contributed by atoms with Crippen molar-refractivity contribution < 1.29 is 23.1 Å². The van der Waals surface area contributed by atoms with Crippen molar-refractivity contribution >= 4 is 11.9 Å². The van der Waals surface area contributed by atoms with Crippen LogP contribution in [0.2, 0.25) is 0 Å². The minimum absolute atomic E-state index is 0.0673. The molecule has 0 radical (unpaired) electrons. The molecule has 6 nitrogen and oxygen atoms in total. The third kappa shape index (κ3) is 3.48. The molecule has 8 heteroatoms. The third-order valence-corrected chi connectivity index (χ3v) is 4.28. The number of ether oxygens (including phenoxy) is 1. The molecule has 0 unspecified atom stereocenters. The van der Waals surface area contributed by atoms with Crippen molar-refractivity contribution in [1.82, 2.24) is 14.7 Å². The van der Waals surface area contributed by atoms with Crippen molar-refractivity contribution in [3.05, 3.63) is 35.4 Å². The smallest absolute Gasteiger partial charge is 0.320 e. The predicted molar refractivity (Wildman–Crippen MR) is 81.6 cm³/mol. The van der Waals surface area contributed by atoms with E-state index in [9.17, 15) is 18.4 Å². The standard InChI is InChI=1S/C16H19F2N3O3/c17-12-1-2-14(18)13(11-12)15(22)19-3-5-20(6-4-19)16(23)21-7-9-24-10-8-21/h1-2,11H,3-10H2. The first-order valence-electron chi connectivity index (χ1n) is 7.92. The van der Waals surface area contributed by atoms with Crippen molar-refractivity contribution in [3.63, 3.8) is 0 Å². The summed E-state index contributed by atoms with van der Waals surface area (Å²) >= 11 is 0. The van der Waals surface area contributed by atoms with E-state index >= 15 is 0 Å². The van der Waals surface area contributed by atoms with E-state index in [1.807, 2.05) is 0 Å². The number of benzene rings is 1. The van der Waals surface area contributed by atoms with E-state index in [1.165, 1.54) is 4.90 Å². The molecule has 3 rings (SSSR count).